The van der Waals surface area contributed by atoms with Gasteiger partial charge >= 0.3 is 6.18 Å². The van der Waals surface area contributed by atoms with Gasteiger partial charge in [-0.2, -0.15) is 17.6 Å². The average molecular weight is 468 g/mol. The van der Waals surface area contributed by atoms with Crippen molar-refractivity contribution in [2.45, 2.75) is 63.4 Å². The smallest absolute Gasteiger partial charge is 0.396 e. The third-order valence-corrected chi connectivity index (χ3v) is 6.70. The molecule has 0 saturated heterocycles. The van der Waals surface area contributed by atoms with E-state index in [1.54, 1.807) is 4.90 Å². The van der Waals surface area contributed by atoms with E-state index in [2.05, 4.69) is 15.3 Å². The van der Waals surface area contributed by atoms with Crippen LogP contribution in [-0.2, 0) is 12.7 Å². The maximum absolute atomic E-state index is 15.4. The van der Waals surface area contributed by atoms with Crippen LogP contribution in [0.4, 0.5) is 29.2 Å². The summed E-state index contributed by atoms with van der Waals surface area (Å²) in [6.45, 7) is 0.165. The van der Waals surface area contributed by atoms with Gasteiger partial charge in [0.2, 0.25) is 5.82 Å². The van der Waals surface area contributed by atoms with Crippen LogP contribution in [-0.4, -0.2) is 45.5 Å². The van der Waals surface area contributed by atoms with Gasteiger partial charge in [0.05, 0.1) is 18.3 Å². The number of halogens is 4. The highest BCUT2D eigenvalue weighted by Crippen LogP contribution is 2.38. The van der Waals surface area contributed by atoms with Crippen LogP contribution in [0, 0.1) is 11.2 Å². The minimum Gasteiger partial charge on any atom is -0.396 e. The predicted molar refractivity (Wildman–Crippen MR) is 115 cm³/mol. The number of nitrogens with zero attached hydrogens (tertiary/aromatic N) is 3. The highest BCUT2D eigenvalue weighted by Gasteiger charge is 2.40. The van der Waals surface area contributed by atoms with Crippen LogP contribution in [0.1, 0.15) is 49.7 Å². The minimum absolute atomic E-state index is 0.0244. The van der Waals surface area contributed by atoms with Crippen molar-refractivity contribution in [1.82, 2.24) is 9.97 Å². The normalized spacial score (nSPS) is 23.4. The van der Waals surface area contributed by atoms with Gasteiger partial charge in [0.1, 0.15) is 6.33 Å². The molecule has 1 aromatic heterocycles. The minimum atomic E-state index is -4.41. The molecule has 2 fully saturated rings. The summed E-state index contributed by atoms with van der Waals surface area (Å²) in [5, 5.41) is 23.3. The van der Waals surface area contributed by atoms with Gasteiger partial charge in [-0.05, 0) is 43.4 Å². The Morgan fingerprint density at radius 1 is 1.09 bits per heavy atom. The second-order valence-corrected chi connectivity index (χ2v) is 9.05. The standard InChI is InChI=1S/C23H28F4N4O2/c24-19-20(28-12-22(13-32)10-2-1-3-18(22)33)29-14-30-21(19)31(17-8-9-17)11-15-4-6-16(7-5-15)23(25,26)27/h4-7,14,17-18,32-33H,1-3,8-13H2,(H,28,29,30). The quantitative estimate of drug-likeness (QED) is 0.506. The average Bonchev–Trinajstić information content (AvgIpc) is 3.63. The summed E-state index contributed by atoms with van der Waals surface area (Å²) in [7, 11) is 0. The van der Waals surface area contributed by atoms with Crippen LogP contribution in [0.2, 0.25) is 0 Å². The molecule has 0 bridgehead atoms. The van der Waals surface area contributed by atoms with Crippen LogP contribution >= 0.6 is 0 Å². The van der Waals surface area contributed by atoms with Gasteiger partial charge in [0.15, 0.2) is 11.6 Å². The fourth-order valence-corrected chi connectivity index (χ4v) is 4.44. The molecule has 180 valence electrons. The van der Waals surface area contributed by atoms with Gasteiger partial charge in [-0.1, -0.05) is 25.0 Å². The summed E-state index contributed by atoms with van der Waals surface area (Å²) in [6, 6.07) is 4.88. The number of aliphatic hydroxyl groups excluding tert-OH is 2. The lowest BCUT2D eigenvalue weighted by Gasteiger charge is -2.40. The van der Waals surface area contributed by atoms with Crippen molar-refractivity contribution in [3.05, 3.63) is 47.5 Å². The molecule has 1 aromatic carbocycles. The maximum atomic E-state index is 15.4. The molecule has 10 heteroatoms. The molecule has 1 heterocycles. The topological polar surface area (TPSA) is 81.5 Å². The summed E-state index contributed by atoms with van der Waals surface area (Å²) in [6.07, 6.45) is 0.795. The van der Waals surface area contributed by atoms with Crippen LogP contribution < -0.4 is 10.2 Å². The summed E-state index contributed by atoms with van der Waals surface area (Å²) in [5.74, 6) is -0.601. The van der Waals surface area contributed by atoms with Crippen LogP contribution in [0.3, 0.4) is 0 Å². The van der Waals surface area contributed by atoms with Gasteiger partial charge < -0.3 is 20.4 Å². The van der Waals surface area contributed by atoms with Crippen molar-refractivity contribution in [1.29, 1.82) is 0 Å². The van der Waals surface area contributed by atoms with E-state index in [1.165, 1.54) is 18.5 Å². The zero-order valence-corrected chi connectivity index (χ0v) is 18.2. The van der Waals surface area contributed by atoms with Crippen molar-refractivity contribution >= 4 is 11.6 Å². The Morgan fingerprint density at radius 2 is 1.82 bits per heavy atom. The number of nitrogens with one attached hydrogen (secondary N) is 1. The van der Waals surface area contributed by atoms with E-state index in [4.69, 9.17) is 0 Å². The Labute approximate surface area is 189 Å². The number of anilines is 2. The van der Waals surface area contributed by atoms with Crippen molar-refractivity contribution in [3.63, 3.8) is 0 Å². The van der Waals surface area contributed by atoms with Gasteiger partial charge in [-0.3, -0.25) is 0 Å². The Bertz CT molecular complexity index is 952. The molecular formula is C23H28F4N4O2. The number of alkyl halides is 3. The molecule has 4 rings (SSSR count). The first kappa shape index (κ1) is 23.7. The summed E-state index contributed by atoms with van der Waals surface area (Å²) >= 11 is 0. The Hall–Kier alpha value is -2.46. The molecule has 0 spiro atoms. The third-order valence-electron chi connectivity index (χ3n) is 6.70. The monoisotopic (exact) mass is 468 g/mol. The molecule has 2 aliphatic carbocycles. The Morgan fingerprint density at radius 3 is 2.42 bits per heavy atom. The Kier molecular flexibility index (Phi) is 6.76. The van der Waals surface area contributed by atoms with E-state index in [0.717, 1.165) is 37.8 Å². The van der Waals surface area contributed by atoms with E-state index in [-0.39, 0.29) is 37.4 Å². The van der Waals surface area contributed by atoms with Crippen molar-refractivity contribution in [2.24, 2.45) is 5.41 Å². The first-order chi connectivity index (χ1) is 15.7. The van der Waals surface area contributed by atoms with Crippen molar-refractivity contribution < 1.29 is 27.8 Å². The zero-order valence-electron chi connectivity index (χ0n) is 18.2. The SMILES string of the molecule is OCC1(CNc2ncnc(N(Cc3ccc(C(F)(F)F)cc3)C3CC3)c2F)CCCCC1O. The molecular weight excluding hydrogens is 440 g/mol. The van der Waals surface area contributed by atoms with Gasteiger partial charge in [0, 0.05) is 24.5 Å². The molecule has 0 radical (unpaired) electrons. The van der Waals surface area contributed by atoms with E-state index in [0.29, 0.717) is 18.4 Å². The highest BCUT2D eigenvalue weighted by atomic mass is 19.4. The second kappa shape index (κ2) is 9.42. The largest absolute Gasteiger partial charge is 0.416 e. The molecule has 0 amide bonds. The fourth-order valence-electron chi connectivity index (χ4n) is 4.44. The first-order valence-electron chi connectivity index (χ1n) is 11.2. The van der Waals surface area contributed by atoms with Crippen LogP contribution in [0.25, 0.3) is 0 Å². The van der Waals surface area contributed by atoms with E-state index >= 15 is 4.39 Å². The summed E-state index contributed by atoms with van der Waals surface area (Å²) < 4.78 is 54.0. The molecule has 6 nitrogen and oxygen atoms in total. The zero-order chi connectivity index (χ0) is 23.6. The lowest BCUT2D eigenvalue weighted by atomic mass is 9.72. The molecule has 2 aromatic rings. The molecule has 2 saturated carbocycles. The molecule has 0 aliphatic heterocycles. The lowest BCUT2D eigenvalue weighted by molar-refractivity contribution is -0.137. The number of benzene rings is 1. The van der Waals surface area contributed by atoms with E-state index in [1.807, 2.05) is 0 Å². The number of aromatic nitrogens is 2. The number of hydrogen-bond acceptors (Lipinski definition) is 6. The van der Waals surface area contributed by atoms with E-state index < -0.39 is 29.1 Å². The second-order valence-electron chi connectivity index (χ2n) is 9.05. The highest BCUT2D eigenvalue weighted by molar-refractivity contribution is 5.52. The number of hydrogen-bond donors (Lipinski definition) is 3. The number of rotatable bonds is 8. The maximum Gasteiger partial charge on any atom is 0.416 e. The molecule has 2 atom stereocenters. The van der Waals surface area contributed by atoms with E-state index in [9.17, 15) is 23.4 Å². The molecule has 33 heavy (non-hydrogen) atoms. The van der Waals surface area contributed by atoms with Crippen LogP contribution in [0.15, 0.2) is 30.6 Å². The summed E-state index contributed by atoms with van der Waals surface area (Å²) in [5.41, 5.74) is -0.870. The molecule has 2 aliphatic rings. The van der Waals surface area contributed by atoms with Gasteiger partial charge in [0.25, 0.3) is 0 Å². The Balaban J connectivity index is 1.52. The fraction of sp³-hybridized carbons (Fsp3) is 0.565. The molecule has 3 N–H and O–H groups in total. The van der Waals surface area contributed by atoms with Gasteiger partial charge in [-0.25, -0.2) is 9.97 Å². The predicted octanol–water partition coefficient (Wildman–Crippen LogP) is 4.13. The van der Waals surface area contributed by atoms with Crippen molar-refractivity contribution in [2.75, 3.05) is 23.4 Å². The van der Waals surface area contributed by atoms with Crippen LogP contribution in [0.5, 0.6) is 0 Å². The third kappa shape index (κ3) is 5.22. The van der Waals surface area contributed by atoms with Crippen molar-refractivity contribution in [3.8, 4) is 0 Å². The summed E-state index contributed by atoms with van der Waals surface area (Å²) in [4.78, 5) is 9.88. The lowest BCUT2D eigenvalue weighted by Crippen LogP contribution is -2.46. The molecule has 2 unspecified atom stereocenters. The first-order valence-corrected chi connectivity index (χ1v) is 11.2. The number of aliphatic hydroxyl groups is 2. The van der Waals surface area contributed by atoms with Gasteiger partial charge in [-0.15, -0.1) is 0 Å².